The molecule has 25 heavy (non-hydrogen) atoms. The zero-order chi connectivity index (χ0) is 17.4. The molecule has 6 nitrogen and oxygen atoms in total. The Hall–Kier alpha value is -2.28. The van der Waals surface area contributed by atoms with Crippen molar-refractivity contribution in [3.63, 3.8) is 0 Å². The highest BCUT2D eigenvalue weighted by atomic mass is 16.5. The first-order chi connectivity index (χ1) is 12.2. The Kier molecular flexibility index (Phi) is 4.25. The smallest absolute Gasteiger partial charge is 0.531 e. The fraction of sp³-hybridized carbons (Fsp3) is 0.444. The van der Waals surface area contributed by atoms with Gasteiger partial charge in [-0.15, -0.1) is 0 Å². The van der Waals surface area contributed by atoms with Crippen LogP contribution in [0.3, 0.4) is 0 Å². The van der Waals surface area contributed by atoms with E-state index in [9.17, 15) is 9.82 Å². The van der Waals surface area contributed by atoms with Crippen LogP contribution in [-0.4, -0.2) is 35.9 Å². The predicted octanol–water partition coefficient (Wildman–Crippen LogP) is 2.36. The van der Waals surface area contributed by atoms with Gasteiger partial charge in [-0.2, -0.15) is 0 Å². The molecule has 0 unspecified atom stereocenters. The van der Waals surface area contributed by atoms with Crippen LogP contribution in [0, 0.1) is 5.92 Å². The molecule has 0 radical (unpaired) electrons. The maximum atomic E-state index is 11.7. The first-order valence-corrected chi connectivity index (χ1v) is 8.84. The van der Waals surface area contributed by atoms with Gasteiger partial charge in [0.05, 0.1) is 18.5 Å². The Balaban J connectivity index is 1.49. The zero-order valence-corrected chi connectivity index (χ0v) is 14.2. The molecule has 1 aliphatic heterocycles. The van der Waals surface area contributed by atoms with E-state index in [0.29, 0.717) is 12.4 Å². The van der Waals surface area contributed by atoms with E-state index < -0.39 is 7.12 Å². The molecule has 1 saturated carbocycles. The standard InChI is InChI=1S/C18H21BN2O4/c1-2-6-24-18(22)21-12-7-11(8-12)14-9-19(23)25-16-10-20-15-5-3-4-13(15)17(14)16/h3-4,9-12,23H,2,5-8H2,1H3,(H,21,22). The van der Waals surface area contributed by atoms with E-state index in [0.717, 1.165) is 48.1 Å². The minimum atomic E-state index is -0.950. The van der Waals surface area contributed by atoms with Crippen LogP contribution in [0.1, 0.15) is 43.0 Å². The van der Waals surface area contributed by atoms with Crippen molar-refractivity contribution in [2.24, 2.45) is 5.92 Å². The first-order valence-electron chi connectivity index (χ1n) is 8.84. The lowest BCUT2D eigenvalue weighted by Gasteiger charge is -2.39. The van der Waals surface area contributed by atoms with E-state index in [1.54, 1.807) is 12.2 Å². The van der Waals surface area contributed by atoms with Crippen LogP contribution in [-0.2, 0) is 11.2 Å². The van der Waals surface area contributed by atoms with Gasteiger partial charge in [-0.05, 0) is 36.7 Å². The second-order valence-electron chi connectivity index (χ2n) is 6.74. The normalized spacial score (nSPS) is 23.1. The molecule has 0 bridgehead atoms. The van der Waals surface area contributed by atoms with E-state index in [-0.39, 0.29) is 18.1 Å². The van der Waals surface area contributed by atoms with Crippen LogP contribution >= 0.6 is 0 Å². The van der Waals surface area contributed by atoms with Crippen LogP contribution in [0.2, 0.25) is 0 Å². The number of allylic oxidation sites excluding steroid dienone is 2. The monoisotopic (exact) mass is 340 g/mol. The van der Waals surface area contributed by atoms with Crippen molar-refractivity contribution in [1.29, 1.82) is 0 Å². The number of pyridine rings is 1. The molecule has 2 aliphatic carbocycles. The van der Waals surface area contributed by atoms with Crippen molar-refractivity contribution in [3.8, 4) is 5.75 Å². The van der Waals surface area contributed by atoms with Crippen LogP contribution in [0.5, 0.6) is 5.75 Å². The lowest BCUT2D eigenvalue weighted by Crippen LogP contribution is -2.45. The van der Waals surface area contributed by atoms with E-state index in [2.05, 4.69) is 22.5 Å². The predicted molar refractivity (Wildman–Crippen MR) is 94.8 cm³/mol. The summed E-state index contributed by atoms with van der Waals surface area (Å²) in [7, 11) is -0.950. The number of aromatic nitrogens is 1. The van der Waals surface area contributed by atoms with Crippen molar-refractivity contribution >= 4 is 24.9 Å². The molecule has 1 amide bonds. The SMILES string of the molecule is CCCOC(=O)NC1CC(C2=CB(O)Oc3cnc4c(c32)C=CC4)C1. The summed E-state index contributed by atoms with van der Waals surface area (Å²) in [5.41, 5.74) is 4.27. The molecular weight excluding hydrogens is 319 g/mol. The molecule has 0 saturated heterocycles. The number of hydrogen-bond acceptors (Lipinski definition) is 5. The van der Waals surface area contributed by atoms with Gasteiger partial charge in [-0.1, -0.05) is 19.1 Å². The van der Waals surface area contributed by atoms with E-state index in [1.807, 2.05) is 6.92 Å². The summed E-state index contributed by atoms with van der Waals surface area (Å²) in [5, 5.41) is 12.9. The molecule has 1 aromatic rings. The Morgan fingerprint density at radius 2 is 2.36 bits per heavy atom. The Labute approximate surface area is 147 Å². The molecule has 130 valence electrons. The number of carbonyl (C=O) groups excluding carboxylic acids is 1. The van der Waals surface area contributed by atoms with Crippen molar-refractivity contribution in [3.05, 3.63) is 35.1 Å². The third-order valence-electron chi connectivity index (χ3n) is 4.96. The largest absolute Gasteiger partial charge is 0.552 e. The van der Waals surface area contributed by atoms with E-state index in [4.69, 9.17) is 9.39 Å². The van der Waals surface area contributed by atoms with Gasteiger partial charge in [-0.25, -0.2) is 4.79 Å². The van der Waals surface area contributed by atoms with Gasteiger partial charge >= 0.3 is 13.2 Å². The molecule has 2 N–H and O–H groups in total. The summed E-state index contributed by atoms with van der Waals surface area (Å²) in [6.07, 6.45) is 8.83. The van der Waals surface area contributed by atoms with Gasteiger partial charge in [0.25, 0.3) is 0 Å². The molecule has 0 aromatic carbocycles. The third kappa shape index (κ3) is 3.04. The molecule has 1 fully saturated rings. The van der Waals surface area contributed by atoms with Gasteiger partial charge in [0.2, 0.25) is 0 Å². The number of amides is 1. The highest BCUT2D eigenvalue weighted by Crippen LogP contribution is 2.46. The molecule has 3 aliphatic rings. The molecular formula is C18H21BN2O4. The second-order valence-corrected chi connectivity index (χ2v) is 6.74. The van der Waals surface area contributed by atoms with Gasteiger partial charge < -0.3 is 19.7 Å². The Morgan fingerprint density at radius 3 is 3.16 bits per heavy atom. The number of hydrogen-bond donors (Lipinski definition) is 2. The third-order valence-corrected chi connectivity index (χ3v) is 4.96. The number of carbonyl (C=O) groups is 1. The number of ether oxygens (including phenoxy) is 1. The summed E-state index contributed by atoms with van der Waals surface area (Å²) < 4.78 is 10.6. The average molecular weight is 340 g/mol. The van der Waals surface area contributed by atoms with Crippen LogP contribution < -0.4 is 9.97 Å². The van der Waals surface area contributed by atoms with Gasteiger partial charge in [-0.3, -0.25) is 4.98 Å². The fourth-order valence-corrected chi connectivity index (χ4v) is 3.70. The van der Waals surface area contributed by atoms with Crippen LogP contribution in [0.15, 0.2) is 18.2 Å². The quantitative estimate of drug-likeness (QED) is 0.823. The Bertz CT molecular complexity index is 756. The fourth-order valence-electron chi connectivity index (χ4n) is 3.70. The second kappa shape index (κ2) is 6.56. The van der Waals surface area contributed by atoms with Crippen molar-refractivity contribution in [1.82, 2.24) is 10.3 Å². The van der Waals surface area contributed by atoms with Gasteiger partial charge in [0, 0.05) is 23.6 Å². The highest BCUT2D eigenvalue weighted by molar-refractivity contribution is 6.52. The lowest BCUT2D eigenvalue weighted by molar-refractivity contribution is 0.132. The van der Waals surface area contributed by atoms with Crippen molar-refractivity contribution in [2.75, 3.05) is 6.61 Å². The molecule has 2 heterocycles. The summed E-state index contributed by atoms with van der Waals surface area (Å²) >= 11 is 0. The minimum Gasteiger partial charge on any atom is -0.531 e. The van der Waals surface area contributed by atoms with Crippen molar-refractivity contribution < 1.29 is 19.2 Å². The van der Waals surface area contributed by atoms with E-state index >= 15 is 0 Å². The maximum absolute atomic E-state index is 11.7. The highest BCUT2D eigenvalue weighted by Gasteiger charge is 2.38. The average Bonchev–Trinajstić information content (AvgIpc) is 3.03. The van der Waals surface area contributed by atoms with Crippen LogP contribution in [0.4, 0.5) is 4.79 Å². The topological polar surface area (TPSA) is 80.7 Å². The summed E-state index contributed by atoms with van der Waals surface area (Å²) in [4.78, 5) is 16.1. The molecule has 7 heteroatoms. The molecule has 4 rings (SSSR count). The first kappa shape index (κ1) is 16.2. The number of alkyl carbamates (subject to hydrolysis) is 1. The Morgan fingerprint density at radius 1 is 1.52 bits per heavy atom. The number of nitrogens with zero attached hydrogens (tertiary/aromatic N) is 1. The summed E-state index contributed by atoms with van der Waals surface area (Å²) in [6.45, 7) is 2.41. The van der Waals surface area contributed by atoms with Gasteiger partial charge in [0.15, 0.2) is 0 Å². The molecule has 1 aromatic heterocycles. The number of fused-ring (bicyclic) bond motifs is 3. The minimum absolute atomic E-state index is 0.115. The van der Waals surface area contributed by atoms with Crippen LogP contribution in [0.25, 0.3) is 11.6 Å². The number of nitrogens with one attached hydrogen (secondary N) is 1. The molecule has 0 spiro atoms. The summed E-state index contributed by atoms with van der Waals surface area (Å²) in [6, 6.07) is 0.115. The maximum Gasteiger partial charge on any atom is 0.552 e. The van der Waals surface area contributed by atoms with E-state index in [1.165, 1.54) is 0 Å². The van der Waals surface area contributed by atoms with Gasteiger partial charge in [0.1, 0.15) is 5.75 Å². The van der Waals surface area contributed by atoms with Crippen molar-refractivity contribution in [2.45, 2.75) is 38.6 Å². The summed E-state index contributed by atoms with van der Waals surface area (Å²) in [5.74, 6) is 2.70. The lowest BCUT2D eigenvalue weighted by atomic mass is 9.68. The molecule has 0 atom stereocenters. The zero-order valence-electron chi connectivity index (χ0n) is 14.2. The number of rotatable bonds is 4.